The summed E-state index contributed by atoms with van der Waals surface area (Å²) in [6.45, 7) is 5.51. The topological polar surface area (TPSA) is 86.7 Å². The number of aliphatic carboxylic acids is 1. The van der Waals surface area contributed by atoms with E-state index in [1.165, 1.54) is 20.8 Å². The molecule has 0 radical (unpaired) electrons. The Kier molecular flexibility index (Phi) is 5.09. The highest BCUT2D eigenvalue weighted by Crippen LogP contribution is 2.15. The molecule has 0 spiro atoms. The maximum atomic E-state index is 12.1. The number of hydrogen-bond donors (Lipinski definition) is 2. The van der Waals surface area contributed by atoms with Gasteiger partial charge in [0.15, 0.2) is 0 Å². The first-order chi connectivity index (χ1) is 8.82. The Morgan fingerprint density at radius 1 is 1.05 bits per heavy atom. The van der Waals surface area contributed by atoms with Crippen LogP contribution in [-0.2, 0) is 14.4 Å². The third-order valence-corrected chi connectivity index (χ3v) is 3.39. The van der Waals surface area contributed by atoms with Crippen LogP contribution in [0.15, 0.2) is 11.1 Å². The van der Waals surface area contributed by atoms with Crippen LogP contribution in [0.25, 0.3) is 0 Å². The van der Waals surface area contributed by atoms with Gasteiger partial charge in [-0.2, -0.15) is 0 Å². The molecule has 6 nitrogen and oxygen atoms in total. The van der Waals surface area contributed by atoms with Crippen molar-refractivity contribution in [3.63, 3.8) is 0 Å². The van der Waals surface area contributed by atoms with Crippen molar-refractivity contribution in [1.82, 2.24) is 10.2 Å². The molecule has 0 unspecified atom stereocenters. The van der Waals surface area contributed by atoms with Crippen LogP contribution in [0, 0.1) is 0 Å². The van der Waals surface area contributed by atoms with Crippen molar-refractivity contribution in [1.29, 1.82) is 0 Å². The van der Waals surface area contributed by atoms with Crippen molar-refractivity contribution in [3.05, 3.63) is 11.1 Å². The lowest BCUT2D eigenvalue weighted by molar-refractivity contribution is -0.134. The van der Waals surface area contributed by atoms with Crippen LogP contribution in [0.4, 0.5) is 0 Å². The number of carbonyl (C=O) groups is 3. The van der Waals surface area contributed by atoms with E-state index in [0.29, 0.717) is 25.9 Å². The first kappa shape index (κ1) is 15.2. The molecular weight excluding hydrogens is 248 g/mol. The van der Waals surface area contributed by atoms with Crippen LogP contribution in [0.1, 0.15) is 33.6 Å². The molecule has 2 amide bonds. The van der Waals surface area contributed by atoms with Gasteiger partial charge < -0.3 is 15.3 Å². The van der Waals surface area contributed by atoms with Gasteiger partial charge in [0.1, 0.15) is 0 Å². The zero-order chi connectivity index (χ0) is 14.6. The van der Waals surface area contributed by atoms with Gasteiger partial charge in [-0.1, -0.05) is 0 Å². The number of likely N-dealkylation sites (tertiary alicyclic amines) is 1. The number of nitrogens with zero attached hydrogens (tertiary/aromatic N) is 1. The summed E-state index contributed by atoms with van der Waals surface area (Å²) in [5.41, 5.74) is 0.347. The molecule has 0 aliphatic carbocycles. The lowest BCUT2D eigenvalue weighted by Crippen LogP contribution is -2.46. The van der Waals surface area contributed by atoms with Crippen molar-refractivity contribution in [2.45, 2.75) is 39.7 Å². The first-order valence-electron chi connectivity index (χ1n) is 6.30. The minimum absolute atomic E-state index is 0.0671. The SMILES string of the molecule is CC(=O)NC1CCN(C(=O)C(C)=C(C)C(=O)O)CC1. The van der Waals surface area contributed by atoms with E-state index in [1.54, 1.807) is 4.90 Å². The minimum atomic E-state index is -1.07. The van der Waals surface area contributed by atoms with Crippen LogP contribution in [0.3, 0.4) is 0 Å². The van der Waals surface area contributed by atoms with Gasteiger partial charge in [-0.3, -0.25) is 9.59 Å². The van der Waals surface area contributed by atoms with E-state index >= 15 is 0 Å². The number of hydrogen-bond acceptors (Lipinski definition) is 3. The molecule has 19 heavy (non-hydrogen) atoms. The Balaban J connectivity index is 2.61. The van der Waals surface area contributed by atoms with Gasteiger partial charge in [0.25, 0.3) is 0 Å². The highest BCUT2D eigenvalue weighted by molar-refractivity contribution is 6.01. The number of nitrogens with one attached hydrogen (secondary N) is 1. The normalized spacial score (nSPS) is 17.7. The van der Waals surface area contributed by atoms with Crippen molar-refractivity contribution < 1.29 is 19.5 Å². The molecule has 0 saturated carbocycles. The van der Waals surface area contributed by atoms with Crippen LogP contribution >= 0.6 is 0 Å². The lowest BCUT2D eigenvalue weighted by Gasteiger charge is -2.32. The van der Waals surface area contributed by atoms with Crippen LogP contribution in [0.5, 0.6) is 0 Å². The summed E-state index contributed by atoms with van der Waals surface area (Å²) in [4.78, 5) is 35.5. The number of carboxylic acids is 1. The highest BCUT2D eigenvalue weighted by atomic mass is 16.4. The standard InChI is InChI=1S/C13H20N2O4/c1-8(9(2)13(18)19)12(17)15-6-4-11(5-7-15)14-10(3)16/h11H,4-7H2,1-3H3,(H,14,16)(H,18,19). The van der Waals surface area contributed by atoms with Crippen molar-refractivity contribution in [3.8, 4) is 0 Å². The zero-order valence-electron chi connectivity index (χ0n) is 11.5. The minimum Gasteiger partial charge on any atom is -0.478 e. The summed E-state index contributed by atoms with van der Waals surface area (Å²) in [7, 11) is 0. The molecule has 1 rings (SSSR count). The van der Waals surface area contributed by atoms with E-state index in [9.17, 15) is 14.4 Å². The molecule has 0 aromatic rings. The number of rotatable bonds is 3. The van der Waals surface area contributed by atoms with Gasteiger partial charge >= 0.3 is 5.97 Å². The largest absolute Gasteiger partial charge is 0.478 e. The van der Waals surface area contributed by atoms with E-state index < -0.39 is 5.97 Å². The van der Waals surface area contributed by atoms with E-state index in [2.05, 4.69) is 5.32 Å². The molecule has 1 fully saturated rings. The molecule has 1 heterocycles. The van der Waals surface area contributed by atoms with Crippen LogP contribution in [0.2, 0.25) is 0 Å². The quantitative estimate of drug-likeness (QED) is 0.731. The third-order valence-electron chi connectivity index (χ3n) is 3.39. The Morgan fingerprint density at radius 2 is 1.58 bits per heavy atom. The molecule has 1 aliphatic rings. The average molecular weight is 268 g/mol. The summed E-state index contributed by atoms with van der Waals surface area (Å²) in [5.74, 6) is -1.37. The van der Waals surface area contributed by atoms with E-state index in [1.807, 2.05) is 0 Å². The zero-order valence-corrected chi connectivity index (χ0v) is 11.5. The third kappa shape index (κ3) is 4.08. The first-order valence-corrected chi connectivity index (χ1v) is 6.30. The number of carboxylic acid groups (broad SMARTS) is 1. The molecule has 0 aromatic carbocycles. The summed E-state index contributed by atoms with van der Waals surface area (Å²) < 4.78 is 0. The van der Waals surface area contributed by atoms with E-state index in [-0.39, 0.29) is 29.0 Å². The number of piperidine rings is 1. The van der Waals surface area contributed by atoms with Crippen LogP contribution < -0.4 is 5.32 Å². The van der Waals surface area contributed by atoms with Crippen LogP contribution in [-0.4, -0.2) is 46.9 Å². The molecule has 6 heteroatoms. The lowest BCUT2D eigenvalue weighted by atomic mass is 10.0. The fourth-order valence-electron chi connectivity index (χ4n) is 2.07. The second-order valence-electron chi connectivity index (χ2n) is 4.82. The Bertz CT molecular complexity index is 420. The van der Waals surface area contributed by atoms with Crippen molar-refractivity contribution in [2.75, 3.05) is 13.1 Å². The summed E-state index contributed by atoms with van der Waals surface area (Å²) in [6.07, 6.45) is 1.40. The van der Waals surface area contributed by atoms with E-state index in [0.717, 1.165) is 0 Å². The predicted molar refractivity (Wildman–Crippen MR) is 69.4 cm³/mol. The number of amides is 2. The predicted octanol–water partition coefficient (Wildman–Crippen LogP) is 0.534. The molecule has 0 aromatic heterocycles. The molecular formula is C13H20N2O4. The Morgan fingerprint density at radius 3 is 2.00 bits per heavy atom. The maximum Gasteiger partial charge on any atom is 0.331 e. The van der Waals surface area contributed by atoms with Gasteiger partial charge in [-0.25, -0.2) is 4.79 Å². The fraction of sp³-hybridized carbons (Fsp3) is 0.615. The van der Waals surface area contributed by atoms with Gasteiger partial charge in [-0.05, 0) is 26.7 Å². The molecule has 2 N–H and O–H groups in total. The number of carbonyl (C=O) groups excluding carboxylic acids is 2. The highest BCUT2D eigenvalue weighted by Gasteiger charge is 2.25. The second kappa shape index (κ2) is 6.36. The monoisotopic (exact) mass is 268 g/mol. The maximum absolute atomic E-state index is 12.1. The average Bonchev–Trinajstić information content (AvgIpc) is 2.36. The Labute approximate surface area is 112 Å². The molecule has 106 valence electrons. The fourth-order valence-corrected chi connectivity index (χ4v) is 2.07. The molecule has 1 saturated heterocycles. The Hall–Kier alpha value is -1.85. The van der Waals surface area contributed by atoms with Gasteiger partial charge in [-0.15, -0.1) is 0 Å². The molecule has 1 aliphatic heterocycles. The summed E-state index contributed by atoms with van der Waals surface area (Å²) in [6, 6.07) is 0.103. The van der Waals surface area contributed by atoms with Gasteiger partial charge in [0.05, 0.1) is 0 Å². The van der Waals surface area contributed by atoms with Gasteiger partial charge in [0.2, 0.25) is 11.8 Å². The van der Waals surface area contributed by atoms with Crippen molar-refractivity contribution >= 4 is 17.8 Å². The molecule has 0 bridgehead atoms. The summed E-state index contributed by atoms with van der Waals surface area (Å²) >= 11 is 0. The van der Waals surface area contributed by atoms with Crippen molar-refractivity contribution in [2.24, 2.45) is 0 Å². The van der Waals surface area contributed by atoms with E-state index in [4.69, 9.17) is 5.11 Å². The smallest absolute Gasteiger partial charge is 0.331 e. The second-order valence-corrected chi connectivity index (χ2v) is 4.82. The summed E-state index contributed by atoms with van der Waals surface area (Å²) in [5, 5.41) is 11.7. The molecule has 0 atom stereocenters. The van der Waals surface area contributed by atoms with Gasteiger partial charge in [0, 0.05) is 37.2 Å².